The van der Waals surface area contributed by atoms with Crippen LogP contribution < -0.4 is 15.8 Å². The summed E-state index contributed by atoms with van der Waals surface area (Å²) in [7, 11) is 1.69. The maximum Gasteiger partial charge on any atom is 0.223 e. The first-order valence-electron chi connectivity index (χ1n) is 10.5. The van der Waals surface area contributed by atoms with Gasteiger partial charge in [-0.1, -0.05) is 0 Å². The fourth-order valence-electron chi connectivity index (χ4n) is 4.44. The normalized spacial score (nSPS) is 20.9. The van der Waals surface area contributed by atoms with Crippen LogP contribution in [-0.2, 0) is 17.7 Å². The Morgan fingerprint density at radius 3 is 2.97 bits per heavy atom. The van der Waals surface area contributed by atoms with Gasteiger partial charge in [-0.2, -0.15) is 10.1 Å². The van der Waals surface area contributed by atoms with E-state index < -0.39 is 0 Å². The molecule has 9 nitrogen and oxygen atoms in total. The molecule has 2 aliphatic heterocycles. The van der Waals surface area contributed by atoms with E-state index in [9.17, 15) is 0 Å². The third kappa shape index (κ3) is 3.83. The zero-order chi connectivity index (χ0) is 21.5. The average molecular weight is 442 g/mol. The van der Waals surface area contributed by atoms with E-state index in [1.54, 1.807) is 18.9 Å². The number of nitrogen functional groups attached to an aromatic ring is 1. The van der Waals surface area contributed by atoms with E-state index in [1.165, 1.54) is 0 Å². The maximum atomic E-state index is 6.06. The van der Waals surface area contributed by atoms with Gasteiger partial charge in [0.25, 0.3) is 0 Å². The van der Waals surface area contributed by atoms with E-state index in [0.29, 0.717) is 12.6 Å². The summed E-state index contributed by atoms with van der Waals surface area (Å²) in [5.74, 6) is 2.04. The zero-order valence-electron chi connectivity index (χ0n) is 18.0. The monoisotopic (exact) mass is 441 g/mol. The van der Waals surface area contributed by atoms with Crippen molar-refractivity contribution in [3.63, 3.8) is 0 Å². The molecule has 3 aromatic rings. The van der Waals surface area contributed by atoms with Gasteiger partial charge in [0.05, 0.1) is 37.0 Å². The lowest BCUT2D eigenvalue weighted by molar-refractivity contribution is 0.188. The Bertz CT molecular complexity index is 1130. The van der Waals surface area contributed by atoms with Crippen molar-refractivity contribution in [2.24, 2.45) is 0 Å². The Kier molecular flexibility index (Phi) is 5.45. The van der Waals surface area contributed by atoms with Gasteiger partial charge in [-0.05, 0) is 20.3 Å². The minimum Gasteiger partial charge on any atom is -0.496 e. The van der Waals surface area contributed by atoms with Gasteiger partial charge in [0.2, 0.25) is 5.95 Å². The zero-order valence-corrected chi connectivity index (χ0v) is 18.8. The van der Waals surface area contributed by atoms with Crippen LogP contribution in [0.15, 0.2) is 11.2 Å². The Labute approximate surface area is 185 Å². The molecular weight excluding hydrogens is 414 g/mol. The third-order valence-corrected chi connectivity index (χ3v) is 7.10. The number of hydrogen-bond acceptors (Lipinski definition) is 9. The van der Waals surface area contributed by atoms with Crippen LogP contribution in [0.25, 0.3) is 11.0 Å². The van der Waals surface area contributed by atoms with Gasteiger partial charge in [0, 0.05) is 48.2 Å². The number of nitrogens with two attached hydrogens (primary N) is 1. The van der Waals surface area contributed by atoms with Gasteiger partial charge in [-0.3, -0.25) is 4.98 Å². The second-order valence-electron chi connectivity index (χ2n) is 8.18. The second kappa shape index (κ2) is 8.25. The lowest BCUT2D eigenvalue weighted by Gasteiger charge is -2.20. The Morgan fingerprint density at radius 1 is 1.32 bits per heavy atom. The summed E-state index contributed by atoms with van der Waals surface area (Å²) in [6.45, 7) is 6.11. The second-order valence-corrected chi connectivity index (χ2v) is 9.18. The summed E-state index contributed by atoms with van der Waals surface area (Å²) < 4.78 is 13.0. The number of rotatable bonds is 5. The Morgan fingerprint density at radius 2 is 2.19 bits per heavy atom. The molecule has 5 heterocycles. The van der Waals surface area contributed by atoms with Gasteiger partial charge < -0.3 is 20.5 Å². The number of thioether (sulfide) groups is 1. The highest BCUT2D eigenvalue weighted by molar-refractivity contribution is 7.99. The van der Waals surface area contributed by atoms with Crippen LogP contribution in [-0.4, -0.2) is 62.9 Å². The van der Waals surface area contributed by atoms with Crippen LogP contribution in [0.1, 0.15) is 28.9 Å². The number of aryl methyl sites for hydroxylation is 1. The van der Waals surface area contributed by atoms with Gasteiger partial charge in [0.1, 0.15) is 10.8 Å². The Hall–Kier alpha value is -2.43. The molecule has 164 valence electrons. The molecule has 2 atom stereocenters. The van der Waals surface area contributed by atoms with Crippen LogP contribution in [0.2, 0.25) is 0 Å². The van der Waals surface area contributed by atoms with E-state index in [4.69, 9.17) is 20.3 Å². The summed E-state index contributed by atoms with van der Waals surface area (Å²) in [6.07, 6.45) is 3.70. The van der Waals surface area contributed by atoms with E-state index in [-0.39, 0.29) is 12.0 Å². The highest BCUT2D eigenvalue weighted by Gasteiger charge is 2.28. The topological polar surface area (TPSA) is 113 Å². The first kappa shape index (κ1) is 20.5. The summed E-state index contributed by atoms with van der Waals surface area (Å²) in [4.78, 5) is 13.7. The first-order valence-corrected chi connectivity index (χ1v) is 11.5. The van der Waals surface area contributed by atoms with Crippen molar-refractivity contribution < 1.29 is 9.47 Å². The molecule has 31 heavy (non-hydrogen) atoms. The van der Waals surface area contributed by atoms with Crippen molar-refractivity contribution in [2.45, 2.75) is 50.3 Å². The number of nitrogens with zero attached hydrogens (tertiary/aromatic N) is 5. The molecule has 2 aliphatic rings. The molecule has 0 radical (unpaired) electrons. The van der Waals surface area contributed by atoms with Crippen molar-refractivity contribution >= 4 is 28.7 Å². The lowest BCUT2D eigenvalue weighted by atomic mass is 10.1. The summed E-state index contributed by atoms with van der Waals surface area (Å²) in [5, 5.41) is 10.6. The van der Waals surface area contributed by atoms with Crippen molar-refractivity contribution in [3.8, 4) is 5.75 Å². The smallest absolute Gasteiger partial charge is 0.223 e. The van der Waals surface area contributed by atoms with Crippen LogP contribution in [0, 0.1) is 13.8 Å². The summed E-state index contributed by atoms with van der Waals surface area (Å²) in [6, 6.07) is 0.686. The van der Waals surface area contributed by atoms with E-state index in [0.717, 1.165) is 76.1 Å². The number of methoxy groups -OCH3 is 1. The predicted octanol–water partition coefficient (Wildman–Crippen LogP) is 1.87. The number of hydrogen-bond donors (Lipinski definition) is 2. The fourth-order valence-corrected chi connectivity index (χ4v) is 5.52. The van der Waals surface area contributed by atoms with Gasteiger partial charge in [0.15, 0.2) is 5.65 Å². The van der Waals surface area contributed by atoms with Crippen molar-refractivity contribution in [3.05, 3.63) is 28.7 Å². The molecule has 0 saturated carbocycles. The van der Waals surface area contributed by atoms with Crippen molar-refractivity contribution in [1.82, 2.24) is 30.0 Å². The number of pyridine rings is 1. The molecule has 1 fully saturated rings. The molecule has 0 bridgehead atoms. The van der Waals surface area contributed by atoms with Crippen LogP contribution >= 0.6 is 11.8 Å². The fraction of sp³-hybridized carbons (Fsp3) is 0.524. The lowest BCUT2D eigenvalue weighted by Crippen LogP contribution is -2.41. The largest absolute Gasteiger partial charge is 0.496 e. The molecule has 1 unspecified atom stereocenters. The number of aromatic nitrogens is 5. The molecule has 0 aliphatic carbocycles. The van der Waals surface area contributed by atoms with E-state index >= 15 is 0 Å². The first-order chi connectivity index (χ1) is 15.0. The van der Waals surface area contributed by atoms with Crippen LogP contribution in [0.5, 0.6) is 5.75 Å². The molecule has 3 aromatic heterocycles. The van der Waals surface area contributed by atoms with E-state index in [2.05, 4.69) is 20.3 Å². The minimum atomic E-state index is 0.268. The molecule has 0 spiro atoms. The maximum absolute atomic E-state index is 6.06. The van der Waals surface area contributed by atoms with Crippen LogP contribution in [0.3, 0.4) is 0 Å². The predicted molar refractivity (Wildman–Crippen MR) is 120 cm³/mol. The molecule has 0 amide bonds. The summed E-state index contributed by atoms with van der Waals surface area (Å²) in [5.41, 5.74) is 10.8. The highest BCUT2D eigenvalue weighted by Crippen LogP contribution is 2.34. The molecule has 0 aromatic carbocycles. The molecule has 10 heteroatoms. The van der Waals surface area contributed by atoms with Crippen molar-refractivity contribution in [2.75, 3.05) is 31.8 Å². The van der Waals surface area contributed by atoms with Gasteiger partial charge in [-0.15, -0.1) is 11.8 Å². The summed E-state index contributed by atoms with van der Waals surface area (Å²) >= 11 is 1.72. The average Bonchev–Trinajstić information content (AvgIpc) is 3.32. The standard InChI is InChI=1S/C21H27N7O2S/c1-11-7-23-16(12(2)18(11)29-3)8-28-19-17-15(27-28)6-14(24-13-4-5-30-9-13)10-31-20(17)26-21(22)25-19/h7,13-14,24H,4-6,8-10H2,1-3H3,(H2,22,25,26)/t13-,14?/m1/s1. The van der Waals surface area contributed by atoms with Gasteiger partial charge in [-0.25, -0.2) is 9.67 Å². The van der Waals surface area contributed by atoms with E-state index in [1.807, 2.05) is 24.7 Å². The SMILES string of the molecule is COc1c(C)cnc(Cn2nc3c4c(nc(N)nc42)SCC(N[C@@H]2CCOC2)C3)c1C. The highest BCUT2D eigenvalue weighted by atomic mass is 32.2. The molecule has 3 N–H and O–H groups in total. The molecular formula is C21H27N7O2S. The molecule has 1 saturated heterocycles. The number of anilines is 1. The number of ether oxygens (including phenoxy) is 2. The van der Waals surface area contributed by atoms with Crippen LogP contribution in [0.4, 0.5) is 5.95 Å². The molecule has 5 rings (SSSR count). The minimum absolute atomic E-state index is 0.268. The Balaban J connectivity index is 1.52. The van der Waals surface area contributed by atoms with Gasteiger partial charge >= 0.3 is 0 Å². The number of nitrogens with one attached hydrogen (secondary N) is 1. The third-order valence-electron chi connectivity index (χ3n) is 5.96. The van der Waals surface area contributed by atoms with Crippen molar-refractivity contribution in [1.29, 1.82) is 0 Å². The quantitative estimate of drug-likeness (QED) is 0.573.